The molecule has 3 N–H and O–H groups in total. The van der Waals surface area contributed by atoms with E-state index in [2.05, 4.69) is 21.4 Å². The Morgan fingerprint density at radius 3 is 2.79 bits per heavy atom. The fourth-order valence-corrected chi connectivity index (χ4v) is 1.47. The number of carbonyl (C=O) groups excluding carboxylic acids is 1. The Kier molecular flexibility index (Phi) is 3.91. The zero-order valence-electron chi connectivity index (χ0n) is 7.83. The highest BCUT2D eigenvalue weighted by molar-refractivity contribution is 9.10. The van der Waals surface area contributed by atoms with Crippen LogP contribution in [0.4, 0.5) is 4.79 Å². The summed E-state index contributed by atoms with van der Waals surface area (Å²) in [4.78, 5) is 12.6. The summed E-state index contributed by atoms with van der Waals surface area (Å²) >= 11 is 3.41. The normalized spacial score (nSPS) is 9.64. The number of nitrogens with one attached hydrogen (secondary N) is 1. The Labute approximate surface area is 91.2 Å². The van der Waals surface area contributed by atoms with Crippen molar-refractivity contribution < 1.29 is 4.79 Å². The van der Waals surface area contributed by atoms with Crippen molar-refractivity contribution >= 4 is 22.0 Å². The van der Waals surface area contributed by atoms with Gasteiger partial charge in [-0.2, -0.15) is 0 Å². The van der Waals surface area contributed by atoms with Crippen LogP contribution in [0, 0.1) is 0 Å². The maximum absolute atomic E-state index is 11.1. The molecule has 0 atom stereocenters. The maximum atomic E-state index is 11.1. The van der Waals surface area contributed by atoms with Crippen LogP contribution in [0.1, 0.15) is 5.56 Å². The molecule has 0 aliphatic carbocycles. The Morgan fingerprint density at radius 1 is 1.57 bits per heavy atom. The Bertz CT molecular complexity index is 330. The third kappa shape index (κ3) is 2.71. The molecule has 0 aliphatic heterocycles. The van der Waals surface area contributed by atoms with Gasteiger partial charge in [-0.15, -0.1) is 0 Å². The molecule has 4 nitrogen and oxygen atoms in total. The summed E-state index contributed by atoms with van der Waals surface area (Å²) < 4.78 is 0.983. The first-order chi connectivity index (χ1) is 6.65. The van der Waals surface area contributed by atoms with Crippen LogP contribution in [0.2, 0.25) is 0 Å². The lowest BCUT2D eigenvalue weighted by Gasteiger charge is -2.16. The molecule has 0 saturated heterocycles. The minimum atomic E-state index is -0.305. The molecule has 0 aromatic heterocycles. The van der Waals surface area contributed by atoms with E-state index < -0.39 is 0 Å². The van der Waals surface area contributed by atoms with E-state index in [0.29, 0.717) is 6.54 Å². The van der Waals surface area contributed by atoms with Gasteiger partial charge in [0.1, 0.15) is 0 Å². The molecule has 5 heteroatoms. The standard InChI is InChI=1S/C9H12BrN3O/c1-13(9(14)12-11)6-7-4-2-3-5-8(7)10/h2-5H,6,11H2,1H3,(H,12,14). The molecule has 1 rings (SSSR count). The van der Waals surface area contributed by atoms with Crippen LogP contribution in [-0.4, -0.2) is 18.0 Å². The van der Waals surface area contributed by atoms with Crippen LogP contribution in [0.5, 0.6) is 0 Å². The van der Waals surface area contributed by atoms with E-state index in [0.717, 1.165) is 10.0 Å². The minimum Gasteiger partial charge on any atom is -0.322 e. The second-order valence-corrected chi connectivity index (χ2v) is 3.75. The monoisotopic (exact) mass is 257 g/mol. The molecule has 0 fully saturated rings. The maximum Gasteiger partial charge on any atom is 0.331 e. The van der Waals surface area contributed by atoms with Crippen LogP contribution in [0.25, 0.3) is 0 Å². The van der Waals surface area contributed by atoms with Crippen molar-refractivity contribution in [3.8, 4) is 0 Å². The molecular formula is C9H12BrN3O. The van der Waals surface area contributed by atoms with Gasteiger partial charge in [0.2, 0.25) is 0 Å². The SMILES string of the molecule is CN(Cc1ccccc1Br)C(=O)NN. The van der Waals surface area contributed by atoms with Crippen LogP contribution >= 0.6 is 15.9 Å². The highest BCUT2D eigenvalue weighted by Crippen LogP contribution is 2.16. The zero-order valence-corrected chi connectivity index (χ0v) is 9.41. The summed E-state index contributed by atoms with van der Waals surface area (Å²) in [6, 6.07) is 7.43. The van der Waals surface area contributed by atoms with E-state index in [1.165, 1.54) is 4.90 Å². The van der Waals surface area contributed by atoms with Gasteiger partial charge >= 0.3 is 6.03 Å². The number of amides is 2. The highest BCUT2D eigenvalue weighted by atomic mass is 79.9. The number of nitrogens with zero attached hydrogens (tertiary/aromatic N) is 1. The van der Waals surface area contributed by atoms with Crippen molar-refractivity contribution in [3.05, 3.63) is 34.3 Å². The molecule has 76 valence electrons. The number of hydrogen-bond acceptors (Lipinski definition) is 2. The molecule has 1 aromatic carbocycles. The number of hydrogen-bond donors (Lipinski definition) is 2. The third-order valence-electron chi connectivity index (χ3n) is 1.84. The summed E-state index contributed by atoms with van der Waals surface area (Å²) in [5.74, 6) is 5.01. The quantitative estimate of drug-likeness (QED) is 0.479. The van der Waals surface area contributed by atoms with Gasteiger partial charge in [0, 0.05) is 18.1 Å². The first-order valence-corrected chi connectivity index (χ1v) is 4.89. The van der Waals surface area contributed by atoms with E-state index in [-0.39, 0.29) is 6.03 Å². The minimum absolute atomic E-state index is 0.305. The molecule has 0 radical (unpaired) electrons. The average Bonchev–Trinajstić information content (AvgIpc) is 2.20. The van der Waals surface area contributed by atoms with Crippen molar-refractivity contribution in [1.29, 1.82) is 0 Å². The van der Waals surface area contributed by atoms with Gasteiger partial charge in [-0.25, -0.2) is 10.6 Å². The molecule has 0 spiro atoms. The van der Waals surface area contributed by atoms with Gasteiger partial charge in [-0.3, -0.25) is 5.43 Å². The van der Waals surface area contributed by atoms with Crippen molar-refractivity contribution in [2.45, 2.75) is 6.54 Å². The Balaban J connectivity index is 2.69. The summed E-state index contributed by atoms with van der Waals surface area (Å²) in [6.45, 7) is 0.518. The predicted molar refractivity (Wildman–Crippen MR) is 58.3 cm³/mol. The van der Waals surface area contributed by atoms with Crippen molar-refractivity contribution in [1.82, 2.24) is 10.3 Å². The van der Waals surface area contributed by atoms with Gasteiger partial charge in [0.15, 0.2) is 0 Å². The lowest BCUT2D eigenvalue weighted by atomic mass is 10.2. The van der Waals surface area contributed by atoms with Gasteiger partial charge in [0.05, 0.1) is 0 Å². The lowest BCUT2D eigenvalue weighted by molar-refractivity contribution is 0.207. The van der Waals surface area contributed by atoms with Crippen molar-refractivity contribution in [2.75, 3.05) is 7.05 Å². The van der Waals surface area contributed by atoms with E-state index in [9.17, 15) is 4.79 Å². The fraction of sp³-hybridized carbons (Fsp3) is 0.222. The number of carbonyl (C=O) groups is 1. The van der Waals surface area contributed by atoms with Gasteiger partial charge in [0.25, 0.3) is 0 Å². The first-order valence-electron chi connectivity index (χ1n) is 4.10. The first kappa shape index (κ1) is 11.0. The second-order valence-electron chi connectivity index (χ2n) is 2.90. The topological polar surface area (TPSA) is 58.4 Å². The second kappa shape index (κ2) is 4.97. The Morgan fingerprint density at radius 2 is 2.21 bits per heavy atom. The van der Waals surface area contributed by atoms with Crippen molar-refractivity contribution in [3.63, 3.8) is 0 Å². The fourth-order valence-electron chi connectivity index (χ4n) is 1.06. The van der Waals surface area contributed by atoms with E-state index in [1.54, 1.807) is 7.05 Å². The van der Waals surface area contributed by atoms with Gasteiger partial charge in [-0.1, -0.05) is 34.1 Å². The molecule has 2 amide bonds. The lowest BCUT2D eigenvalue weighted by Crippen LogP contribution is -2.40. The highest BCUT2D eigenvalue weighted by Gasteiger charge is 2.08. The number of urea groups is 1. The Hall–Kier alpha value is -1.07. The molecule has 14 heavy (non-hydrogen) atoms. The summed E-state index contributed by atoms with van der Waals surface area (Å²) in [6.07, 6.45) is 0. The van der Waals surface area contributed by atoms with Crippen LogP contribution in [0.3, 0.4) is 0 Å². The summed E-state index contributed by atoms with van der Waals surface area (Å²) in [5, 5.41) is 0. The number of halogens is 1. The molecule has 0 heterocycles. The largest absolute Gasteiger partial charge is 0.331 e. The zero-order chi connectivity index (χ0) is 10.6. The van der Waals surface area contributed by atoms with Gasteiger partial charge < -0.3 is 4.90 Å². The van der Waals surface area contributed by atoms with E-state index >= 15 is 0 Å². The van der Waals surface area contributed by atoms with Crippen LogP contribution < -0.4 is 11.3 Å². The smallest absolute Gasteiger partial charge is 0.322 e. The third-order valence-corrected chi connectivity index (χ3v) is 2.61. The predicted octanol–water partition coefficient (Wildman–Crippen LogP) is 1.46. The number of hydrazine groups is 1. The summed E-state index contributed by atoms with van der Waals surface area (Å²) in [7, 11) is 1.68. The molecule has 0 saturated carbocycles. The molecular weight excluding hydrogens is 246 g/mol. The number of rotatable bonds is 2. The number of nitrogens with two attached hydrogens (primary N) is 1. The van der Waals surface area contributed by atoms with E-state index in [4.69, 9.17) is 5.84 Å². The summed E-state index contributed by atoms with van der Waals surface area (Å²) in [5.41, 5.74) is 3.12. The van der Waals surface area contributed by atoms with Crippen LogP contribution in [0.15, 0.2) is 28.7 Å². The van der Waals surface area contributed by atoms with Gasteiger partial charge in [-0.05, 0) is 11.6 Å². The van der Waals surface area contributed by atoms with Crippen molar-refractivity contribution in [2.24, 2.45) is 5.84 Å². The van der Waals surface area contributed by atoms with Crippen LogP contribution in [-0.2, 0) is 6.54 Å². The molecule has 0 bridgehead atoms. The number of benzene rings is 1. The molecule has 0 aliphatic rings. The van der Waals surface area contributed by atoms with E-state index in [1.807, 2.05) is 24.3 Å². The molecule has 0 unspecified atom stereocenters. The molecule has 1 aromatic rings. The average molecular weight is 258 g/mol.